The predicted octanol–water partition coefficient (Wildman–Crippen LogP) is 2.94. The van der Waals surface area contributed by atoms with Gasteiger partial charge in [-0.25, -0.2) is 0 Å². The summed E-state index contributed by atoms with van der Waals surface area (Å²) in [7, 11) is 1.67. The Balaban J connectivity index is 1.54. The Hall–Kier alpha value is -1.71. The second-order valence-electron chi connectivity index (χ2n) is 7.95. The van der Waals surface area contributed by atoms with Gasteiger partial charge in [0.05, 0.1) is 18.3 Å². The second kappa shape index (κ2) is 10.1. The van der Waals surface area contributed by atoms with Crippen LogP contribution in [-0.2, 0) is 33.4 Å². The quantitative estimate of drug-likeness (QED) is 0.722. The molecular formula is C21H30F3N3O3. The molecule has 0 aliphatic carbocycles. The fourth-order valence-electron chi connectivity index (χ4n) is 4.09. The first kappa shape index (κ1) is 23.0. The van der Waals surface area contributed by atoms with Gasteiger partial charge in [-0.3, -0.25) is 9.78 Å². The number of nitrogens with zero attached hydrogens (tertiary/aromatic N) is 2. The van der Waals surface area contributed by atoms with Gasteiger partial charge in [-0.1, -0.05) is 6.92 Å². The second-order valence-corrected chi connectivity index (χ2v) is 7.95. The minimum atomic E-state index is -4.43. The summed E-state index contributed by atoms with van der Waals surface area (Å²) in [6, 6.07) is 1.48. The van der Waals surface area contributed by atoms with Crippen molar-refractivity contribution in [2.75, 3.05) is 26.9 Å². The van der Waals surface area contributed by atoms with Crippen molar-refractivity contribution in [2.45, 2.75) is 69.9 Å². The number of methoxy groups -OCH3 is 1. The van der Waals surface area contributed by atoms with E-state index in [1.54, 1.807) is 12.0 Å². The van der Waals surface area contributed by atoms with E-state index in [2.05, 4.69) is 17.2 Å². The van der Waals surface area contributed by atoms with E-state index >= 15 is 0 Å². The molecule has 1 aromatic heterocycles. The van der Waals surface area contributed by atoms with E-state index in [0.29, 0.717) is 50.3 Å². The number of nitrogens with one attached hydrogen (secondary N) is 1. The van der Waals surface area contributed by atoms with Crippen LogP contribution in [0, 0.1) is 0 Å². The number of hydrogen-bond acceptors (Lipinski definition) is 5. The van der Waals surface area contributed by atoms with Crippen molar-refractivity contribution in [2.24, 2.45) is 0 Å². The summed E-state index contributed by atoms with van der Waals surface area (Å²) in [5.74, 6) is -0.0337. The molecule has 3 heterocycles. The molecule has 1 fully saturated rings. The fraction of sp³-hybridized carbons (Fsp3) is 0.714. The van der Waals surface area contributed by atoms with Crippen molar-refractivity contribution in [3.63, 3.8) is 0 Å². The maximum atomic E-state index is 13.0. The molecule has 30 heavy (non-hydrogen) atoms. The summed E-state index contributed by atoms with van der Waals surface area (Å²) in [6.07, 6.45) is -0.315. The summed E-state index contributed by atoms with van der Waals surface area (Å²) in [6.45, 7) is 3.99. The summed E-state index contributed by atoms with van der Waals surface area (Å²) >= 11 is 0. The van der Waals surface area contributed by atoms with E-state index in [1.165, 1.54) is 0 Å². The number of fused-ring (bicyclic) bond motifs is 1. The number of halogens is 3. The third-order valence-electron chi connectivity index (χ3n) is 5.98. The van der Waals surface area contributed by atoms with E-state index in [0.717, 1.165) is 25.1 Å². The van der Waals surface area contributed by atoms with Gasteiger partial charge in [0, 0.05) is 63.6 Å². The lowest BCUT2D eigenvalue weighted by molar-refractivity contribution is -0.137. The van der Waals surface area contributed by atoms with Crippen molar-refractivity contribution in [1.29, 1.82) is 0 Å². The minimum Gasteiger partial charge on any atom is -0.379 e. The van der Waals surface area contributed by atoms with Gasteiger partial charge < -0.3 is 19.7 Å². The highest BCUT2D eigenvalue weighted by atomic mass is 19.4. The molecule has 0 aromatic carbocycles. The van der Waals surface area contributed by atoms with Gasteiger partial charge in [0.2, 0.25) is 5.91 Å². The average molecular weight is 429 g/mol. The van der Waals surface area contributed by atoms with Crippen LogP contribution in [0.15, 0.2) is 12.3 Å². The Morgan fingerprint density at radius 1 is 1.47 bits per heavy atom. The van der Waals surface area contributed by atoms with Crippen LogP contribution < -0.4 is 5.32 Å². The van der Waals surface area contributed by atoms with Crippen LogP contribution in [0.5, 0.6) is 0 Å². The van der Waals surface area contributed by atoms with Crippen molar-refractivity contribution in [3.05, 3.63) is 29.1 Å². The van der Waals surface area contributed by atoms with Gasteiger partial charge in [0.1, 0.15) is 0 Å². The molecule has 1 amide bonds. The molecular weight excluding hydrogens is 399 g/mol. The zero-order chi connectivity index (χ0) is 21.7. The summed E-state index contributed by atoms with van der Waals surface area (Å²) in [5.41, 5.74) is 0.361. The van der Waals surface area contributed by atoms with E-state index < -0.39 is 11.7 Å². The highest BCUT2D eigenvalue weighted by Gasteiger charge is 2.33. The molecule has 0 bridgehead atoms. The highest BCUT2D eigenvalue weighted by molar-refractivity contribution is 5.76. The smallest absolute Gasteiger partial charge is 0.379 e. The van der Waals surface area contributed by atoms with E-state index in [1.807, 2.05) is 0 Å². The molecule has 1 aromatic rings. The molecule has 9 heteroatoms. The molecule has 2 aliphatic heterocycles. The molecule has 0 spiro atoms. The number of aromatic nitrogens is 1. The molecule has 6 nitrogen and oxygen atoms in total. The number of carbonyl (C=O) groups is 1. The van der Waals surface area contributed by atoms with Gasteiger partial charge in [-0.2, -0.15) is 13.2 Å². The molecule has 168 valence electrons. The van der Waals surface area contributed by atoms with Crippen molar-refractivity contribution in [1.82, 2.24) is 15.2 Å². The largest absolute Gasteiger partial charge is 0.417 e. The molecule has 1 N–H and O–H groups in total. The van der Waals surface area contributed by atoms with Crippen molar-refractivity contribution < 1.29 is 27.4 Å². The van der Waals surface area contributed by atoms with E-state index in [4.69, 9.17) is 9.47 Å². The Morgan fingerprint density at radius 3 is 2.97 bits per heavy atom. The lowest BCUT2D eigenvalue weighted by atomic mass is 10.0. The summed E-state index contributed by atoms with van der Waals surface area (Å²) in [5, 5.41) is 3.59. The van der Waals surface area contributed by atoms with Crippen LogP contribution in [0.4, 0.5) is 13.2 Å². The Morgan fingerprint density at radius 2 is 2.27 bits per heavy atom. The summed E-state index contributed by atoms with van der Waals surface area (Å²) in [4.78, 5) is 18.3. The number of rotatable bonds is 7. The van der Waals surface area contributed by atoms with Crippen LogP contribution in [0.1, 0.15) is 49.4 Å². The third-order valence-corrected chi connectivity index (χ3v) is 5.98. The number of carbonyl (C=O) groups excluding carboxylic acids is 1. The molecule has 0 saturated carbocycles. The maximum absolute atomic E-state index is 13.0. The van der Waals surface area contributed by atoms with Gasteiger partial charge in [-0.15, -0.1) is 0 Å². The average Bonchev–Trinajstić information content (AvgIpc) is 2.75. The molecule has 3 rings (SSSR count). The van der Waals surface area contributed by atoms with E-state index in [9.17, 15) is 18.0 Å². The molecule has 2 aliphatic rings. The zero-order valence-corrected chi connectivity index (χ0v) is 17.5. The van der Waals surface area contributed by atoms with Crippen LogP contribution in [0.2, 0.25) is 0 Å². The lowest BCUT2D eigenvalue weighted by Crippen LogP contribution is -2.51. The molecule has 0 radical (unpaired) electrons. The number of hydrogen-bond donors (Lipinski definition) is 1. The number of ether oxygens (including phenoxy) is 2. The van der Waals surface area contributed by atoms with Gasteiger partial charge in [0.25, 0.3) is 0 Å². The first-order valence-electron chi connectivity index (χ1n) is 10.5. The number of pyridine rings is 1. The maximum Gasteiger partial charge on any atom is 0.417 e. The highest BCUT2D eigenvalue weighted by Crippen LogP contribution is 2.31. The summed E-state index contributed by atoms with van der Waals surface area (Å²) < 4.78 is 49.8. The first-order chi connectivity index (χ1) is 14.3. The van der Waals surface area contributed by atoms with Crippen LogP contribution in [0.25, 0.3) is 0 Å². The minimum absolute atomic E-state index is 0.00238. The fourth-order valence-corrected chi connectivity index (χ4v) is 4.09. The predicted molar refractivity (Wildman–Crippen MR) is 105 cm³/mol. The SMILES string of the molecule is CC[C@H](CCC(=O)N1CCc2ncc(C(F)(F)F)cc2C1)NC1CCOCC1OC. The normalized spacial score (nSPS) is 23.2. The third kappa shape index (κ3) is 5.70. The van der Waals surface area contributed by atoms with Crippen molar-refractivity contribution >= 4 is 5.91 Å². The zero-order valence-electron chi connectivity index (χ0n) is 17.5. The Bertz CT molecular complexity index is 729. The van der Waals surface area contributed by atoms with Crippen LogP contribution in [0.3, 0.4) is 0 Å². The van der Waals surface area contributed by atoms with Gasteiger partial charge >= 0.3 is 6.18 Å². The first-order valence-corrected chi connectivity index (χ1v) is 10.5. The Labute approximate surface area is 175 Å². The Kier molecular flexibility index (Phi) is 7.70. The molecule has 1 saturated heterocycles. The monoisotopic (exact) mass is 429 g/mol. The van der Waals surface area contributed by atoms with Crippen molar-refractivity contribution in [3.8, 4) is 0 Å². The molecule has 3 atom stereocenters. The van der Waals surface area contributed by atoms with Gasteiger partial charge in [0.15, 0.2) is 0 Å². The van der Waals surface area contributed by atoms with E-state index in [-0.39, 0.29) is 30.6 Å². The standard InChI is InChI=1S/C21H30F3N3O3/c1-3-16(26-18-7-9-30-13-19(18)29-2)4-5-20(28)27-8-6-17-14(12-27)10-15(11-25-17)21(22,23)24/h10-11,16,18-19,26H,3-9,12-13H2,1-2H3/t16-,18?,19?/m1/s1. The van der Waals surface area contributed by atoms with Crippen LogP contribution in [-0.4, -0.2) is 60.8 Å². The van der Waals surface area contributed by atoms with Gasteiger partial charge in [-0.05, 0) is 30.9 Å². The molecule has 2 unspecified atom stereocenters. The lowest BCUT2D eigenvalue weighted by Gasteiger charge is -2.34. The topological polar surface area (TPSA) is 63.7 Å². The van der Waals surface area contributed by atoms with Crippen LogP contribution >= 0.6 is 0 Å². The number of alkyl halides is 3. The number of amides is 1.